The maximum atomic E-state index is 9.61. The van der Waals surface area contributed by atoms with E-state index in [2.05, 4.69) is 18.8 Å². The Morgan fingerprint density at radius 3 is 2.88 bits per heavy atom. The first-order chi connectivity index (χ1) is 7.67. The normalized spacial score (nSPS) is 12.9. The van der Waals surface area contributed by atoms with Crippen LogP contribution in [0.1, 0.15) is 25.8 Å². The lowest BCUT2D eigenvalue weighted by molar-refractivity contribution is 0.412. The van der Waals surface area contributed by atoms with E-state index < -0.39 is 0 Å². The molecule has 1 N–H and O–H groups in total. The zero-order valence-corrected chi connectivity index (χ0v) is 10.1. The molecule has 0 fully saturated rings. The lowest BCUT2D eigenvalue weighted by atomic mass is 10.1. The Bertz CT molecular complexity index is 361. The summed E-state index contributed by atoms with van der Waals surface area (Å²) in [6, 6.07) is 5.11. The molecule has 0 aliphatic rings. The van der Waals surface area contributed by atoms with Crippen LogP contribution in [0, 0.1) is 5.92 Å². The van der Waals surface area contributed by atoms with Crippen LogP contribution in [-0.4, -0.2) is 25.0 Å². The summed E-state index contributed by atoms with van der Waals surface area (Å²) in [5.74, 6) is 1.53. The second-order valence-corrected chi connectivity index (χ2v) is 3.93. The number of hydrogen-bond donors (Lipinski definition) is 1. The van der Waals surface area contributed by atoms with Crippen molar-refractivity contribution in [2.45, 2.75) is 20.3 Å². The molecule has 16 heavy (non-hydrogen) atoms. The van der Waals surface area contributed by atoms with E-state index in [4.69, 9.17) is 4.74 Å². The Balaban J connectivity index is 2.72. The van der Waals surface area contributed by atoms with Crippen molar-refractivity contribution in [3.63, 3.8) is 0 Å². The quantitative estimate of drug-likeness (QED) is 0.777. The number of phenols is 1. The summed E-state index contributed by atoms with van der Waals surface area (Å²) in [6.07, 6.45) is 2.81. The summed E-state index contributed by atoms with van der Waals surface area (Å²) in [4.78, 5) is 4.31. The van der Waals surface area contributed by atoms with Gasteiger partial charge in [0.1, 0.15) is 11.5 Å². The van der Waals surface area contributed by atoms with Crippen LogP contribution in [0.2, 0.25) is 0 Å². The molecule has 0 aliphatic heterocycles. The maximum Gasteiger partial charge on any atom is 0.124 e. The Labute approximate surface area is 96.8 Å². The number of nitrogens with zero attached hydrogens (tertiary/aromatic N) is 1. The van der Waals surface area contributed by atoms with Gasteiger partial charge in [-0.15, -0.1) is 0 Å². The zero-order valence-electron chi connectivity index (χ0n) is 10.1. The molecular weight excluding hydrogens is 202 g/mol. The third-order valence-electron chi connectivity index (χ3n) is 2.58. The number of aromatic hydroxyl groups is 1. The standard InChI is InChI=1S/C13H19NO2/c1-4-10(2)8-14-9-11-7-12(16-3)5-6-13(11)15/h5-7,9-10,15H,4,8H2,1-3H3/b14-9+. The molecule has 0 saturated heterocycles. The zero-order chi connectivity index (χ0) is 12.0. The lowest BCUT2D eigenvalue weighted by Crippen LogP contribution is -1.97. The van der Waals surface area contributed by atoms with Gasteiger partial charge >= 0.3 is 0 Å². The number of aliphatic imine (C=N–C) groups is 1. The molecule has 0 saturated carbocycles. The van der Waals surface area contributed by atoms with Gasteiger partial charge in [-0.05, 0) is 24.1 Å². The van der Waals surface area contributed by atoms with Crippen molar-refractivity contribution in [3.8, 4) is 11.5 Å². The van der Waals surface area contributed by atoms with Gasteiger partial charge in [0.25, 0.3) is 0 Å². The van der Waals surface area contributed by atoms with Crippen molar-refractivity contribution in [1.82, 2.24) is 0 Å². The molecule has 0 aliphatic carbocycles. The third-order valence-corrected chi connectivity index (χ3v) is 2.58. The number of methoxy groups -OCH3 is 1. The summed E-state index contributed by atoms with van der Waals surface area (Å²) in [7, 11) is 1.60. The minimum Gasteiger partial charge on any atom is -0.507 e. The predicted molar refractivity (Wildman–Crippen MR) is 66.6 cm³/mol. The Morgan fingerprint density at radius 2 is 2.25 bits per heavy atom. The first kappa shape index (κ1) is 12.6. The van der Waals surface area contributed by atoms with Crippen LogP contribution in [0.25, 0.3) is 0 Å². The number of ether oxygens (including phenoxy) is 1. The number of phenolic OH excluding ortho intramolecular Hbond substituents is 1. The first-order valence-electron chi connectivity index (χ1n) is 5.54. The predicted octanol–water partition coefficient (Wildman–Crippen LogP) is 2.87. The van der Waals surface area contributed by atoms with Crippen molar-refractivity contribution in [3.05, 3.63) is 23.8 Å². The minimum absolute atomic E-state index is 0.230. The topological polar surface area (TPSA) is 41.8 Å². The average molecular weight is 221 g/mol. The van der Waals surface area contributed by atoms with Gasteiger partial charge in [0.2, 0.25) is 0 Å². The molecular formula is C13H19NO2. The smallest absolute Gasteiger partial charge is 0.124 e. The van der Waals surface area contributed by atoms with E-state index in [9.17, 15) is 5.11 Å². The molecule has 1 aromatic rings. The molecule has 0 heterocycles. The maximum absolute atomic E-state index is 9.61. The Hall–Kier alpha value is -1.51. The van der Waals surface area contributed by atoms with Crippen LogP contribution in [0.4, 0.5) is 0 Å². The molecule has 1 unspecified atom stereocenters. The average Bonchev–Trinajstić information content (AvgIpc) is 2.31. The van der Waals surface area contributed by atoms with Gasteiger partial charge in [0, 0.05) is 18.3 Å². The van der Waals surface area contributed by atoms with Gasteiger partial charge in [0.05, 0.1) is 7.11 Å². The monoisotopic (exact) mass is 221 g/mol. The summed E-state index contributed by atoms with van der Waals surface area (Å²) in [5, 5.41) is 9.61. The summed E-state index contributed by atoms with van der Waals surface area (Å²) in [5.41, 5.74) is 0.697. The highest BCUT2D eigenvalue weighted by molar-refractivity contribution is 5.84. The summed E-state index contributed by atoms with van der Waals surface area (Å²) >= 11 is 0. The van der Waals surface area contributed by atoms with E-state index in [-0.39, 0.29) is 5.75 Å². The SMILES string of the molecule is CCC(C)C/N=C/c1cc(OC)ccc1O. The molecule has 3 nitrogen and oxygen atoms in total. The van der Waals surface area contributed by atoms with Crippen molar-refractivity contribution in [1.29, 1.82) is 0 Å². The fourth-order valence-electron chi connectivity index (χ4n) is 1.22. The van der Waals surface area contributed by atoms with Crippen molar-refractivity contribution in [2.24, 2.45) is 10.9 Å². The second-order valence-electron chi connectivity index (χ2n) is 3.93. The lowest BCUT2D eigenvalue weighted by Gasteiger charge is -2.04. The van der Waals surface area contributed by atoms with Gasteiger partial charge in [0.15, 0.2) is 0 Å². The van der Waals surface area contributed by atoms with Gasteiger partial charge in [-0.1, -0.05) is 20.3 Å². The van der Waals surface area contributed by atoms with Crippen LogP contribution < -0.4 is 4.74 Å². The highest BCUT2D eigenvalue weighted by Crippen LogP contribution is 2.21. The van der Waals surface area contributed by atoms with Crippen LogP contribution in [0.15, 0.2) is 23.2 Å². The van der Waals surface area contributed by atoms with Crippen molar-refractivity contribution < 1.29 is 9.84 Å². The van der Waals surface area contributed by atoms with E-state index in [1.165, 1.54) is 0 Å². The van der Waals surface area contributed by atoms with Crippen molar-refractivity contribution >= 4 is 6.21 Å². The molecule has 0 amide bonds. The molecule has 1 atom stereocenters. The van der Waals surface area contributed by atoms with E-state index in [0.717, 1.165) is 18.7 Å². The van der Waals surface area contributed by atoms with Crippen LogP contribution in [-0.2, 0) is 0 Å². The Kier molecular flexibility index (Phi) is 4.83. The molecule has 88 valence electrons. The third kappa shape index (κ3) is 3.57. The minimum atomic E-state index is 0.230. The van der Waals surface area contributed by atoms with Crippen LogP contribution in [0.5, 0.6) is 11.5 Å². The second kappa shape index (κ2) is 6.16. The van der Waals surface area contributed by atoms with Gasteiger partial charge < -0.3 is 9.84 Å². The van der Waals surface area contributed by atoms with E-state index in [1.54, 1.807) is 31.5 Å². The largest absolute Gasteiger partial charge is 0.507 e. The summed E-state index contributed by atoms with van der Waals surface area (Å²) < 4.78 is 5.09. The summed E-state index contributed by atoms with van der Waals surface area (Å²) in [6.45, 7) is 5.08. The molecule has 0 aromatic heterocycles. The number of benzene rings is 1. The van der Waals surface area contributed by atoms with E-state index in [0.29, 0.717) is 11.5 Å². The highest BCUT2D eigenvalue weighted by atomic mass is 16.5. The fraction of sp³-hybridized carbons (Fsp3) is 0.462. The van der Waals surface area contributed by atoms with Crippen LogP contribution in [0.3, 0.4) is 0 Å². The van der Waals surface area contributed by atoms with Gasteiger partial charge in [-0.25, -0.2) is 0 Å². The van der Waals surface area contributed by atoms with E-state index >= 15 is 0 Å². The Morgan fingerprint density at radius 1 is 1.50 bits per heavy atom. The fourth-order valence-corrected chi connectivity index (χ4v) is 1.22. The van der Waals surface area contributed by atoms with Crippen molar-refractivity contribution in [2.75, 3.05) is 13.7 Å². The van der Waals surface area contributed by atoms with Crippen LogP contribution >= 0.6 is 0 Å². The number of rotatable bonds is 5. The first-order valence-corrected chi connectivity index (χ1v) is 5.54. The molecule has 1 rings (SSSR count). The molecule has 3 heteroatoms. The molecule has 1 aromatic carbocycles. The molecule has 0 spiro atoms. The van der Waals surface area contributed by atoms with Gasteiger partial charge in [-0.3, -0.25) is 4.99 Å². The highest BCUT2D eigenvalue weighted by Gasteiger charge is 2.01. The van der Waals surface area contributed by atoms with E-state index in [1.807, 2.05) is 0 Å². The van der Waals surface area contributed by atoms with Gasteiger partial charge in [-0.2, -0.15) is 0 Å². The number of hydrogen-bond acceptors (Lipinski definition) is 3. The molecule has 0 bridgehead atoms. The molecule has 0 radical (unpaired) electrons.